The molecule has 0 aliphatic rings. The molecule has 0 saturated heterocycles. The van der Waals surface area contributed by atoms with Crippen LogP contribution in [0, 0.1) is 0 Å². The summed E-state index contributed by atoms with van der Waals surface area (Å²) in [4.78, 5) is 16.4. The first-order chi connectivity index (χ1) is 9.10. The summed E-state index contributed by atoms with van der Waals surface area (Å²) < 4.78 is 0. The van der Waals surface area contributed by atoms with Crippen LogP contribution in [0.3, 0.4) is 0 Å². The van der Waals surface area contributed by atoms with Gasteiger partial charge in [-0.1, -0.05) is 25.2 Å². The number of amides is 1. The van der Waals surface area contributed by atoms with Gasteiger partial charge in [0.05, 0.1) is 0 Å². The lowest BCUT2D eigenvalue weighted by molar-refractivity contribution is 0.102. The van der Waals surface area contributed by atoms with Crippen molar-refractivity contribution in [2.75, 3.05) is 10.7 Å². The van der Waals surface area contributed by atoms with E-state index in [2.05, 4.69) is 25.9 Å². The molecule has 0 saturated carbocycles. The molecule has 2 heterocycles. The van der Waals surface area contributed by atoms with Crippen LogP contribution in [0.5, 0.6) is 0 Å². The molecule has 4 N–H and O–H groups in total. The van der Waals surface area contributed by atoms with Crippen molar-refractivity contribution in [3.63, 3.8) is 0 Å². The zero-order valence-electron chi connectivity index (χ0n) is 10.5. The molecule has 2 aromatic rings. The monoisotopic (exact) mass is 278 g/mol. The van der Waals surface area contributed by atoms with Gasteiger partial charge in [0, 0.05) is 11.3 Å². The van der Waals surface area contributed by atoms with Gasteiger partial charge in [0.15, 0.2) is 0 Å². The Bertz CT molecular complexity index is 569. The fourth-order valence-corrected chi connectivity index (χ4v) is 1.89. The van der Waals surface area contributed by atoms with E-state index in [9.17, 15) is 4.79 Å². The predicted molar refractivity (Wildman–Crippen MR) is 74.0 cm³/mol. The van der Waals surface area contributed by atoms with Crippen molar-refractivity contribution < 1.29 is 4.79 Å². The summed E-state index contributed by atoms with van der Waals surface area (Å²) in [5.41, 5.74) is 5.27. The number of nitrogens with two attached hydrogens (primary N) is 1. The second-order valence-electron chi connectivity index (χ2n) is 4.16. The van der Waals surface area contributed by atoms with E-state index in [0.29, 0.717) is 16.5 Å². The lowest BCUT2D eigenvalue weighted by Gasteiger charge is -2.10. The lowest BCUT2D eigenvalue weighted by Crippen LogP contribution is -2.16. The lowest BCUT2D eigenvalue weighted by atomic mass is 10.1. The third kappa shape index (κ3) is 3.24. The Labute approximate surface area is 114 Å². The van der Waals surface area contributed by atoms with Crippen LogP contribution in [-0.4, -0.2) is 21.1 Å². The van der Waals surface area contributed by atoms with Gasteiger partial charge in [-0.25, -0.2) is 10.8 Å². The minimum Gasteiger partial charge on any atom is -0.308 e. The Kier molecular flexibility index (Phi) is 4.03. The number of hydrazine groups is 1. The summed E-state index contributed by atoms with van der Waals surface area (Å²) in [6.07, 6.45) is 0. The number of nitrogen functional groups attached to an aromatic ring is 1. The zero-order valence-corrected chi connectivity index (χ0v) is 11.4. The van der Waals surface area contributed by atoms with Gasteiger partial charge in [0.2, 0.25) is 5.13 Å². The molecule has 2 rings (SSSR count). The van der Waals surface area contributed by atoms with Crippen molar-refractivity contribution >= 4 is 28.2 Å². The Morgan fingerprint density at radius 2 is 2.21 bits per heavy atom. The number of nitrogens with zero attached hydrogens (tertiary/aromatic N) is 3. The van der Waals surface area contributed by atoms with E-state index in [4.69, 9.17) is 5.84 Å². The standard InChI is InChI=1S/C11H14N6OS/c1-6(2)8-3-7(4-9(14-8)16-12)10(18)15-11-17-13-5-19-11/h3-6H,12H2,1-2H3,(H,14,16)(H,15,17,18). The zero-order chi connectivity index (χ0) is 13.8. The minimum atomic E-state index is -0.266. The average molecular weight is 278 g/mol. The van der Waals surface area contributed by atoms with Crippen molar-refractivity contribution in [3.8, 4) is 0 Å². The Morgan fingerprint density at radius 3 is 2.79 bits per heavy atom. The highest BCUT2D eigenvalue weighted by molar-refractivity contribution is 7.13. The van der Waals surface area contributed by atoms with Crippen molar-refractivity contribution in [2.24, 2.45) is 5.84 Å². The highest BCUT2D eigenvalue weighted by Gasteiger charge is 2.12. The molecular formula is C11H14N6OS. The fraction of sp³-hybridized carbons (Fsp3) is 0.273. The number of carbonyl (C=O) groups excluding carboxylic acids is 1. The molecule has 0 fully saturated rings. The summed E-state index contributed by atoms with van der Waals surface area (Å²) in [5.74, 6) is 5.74. The van der Waals surface area contributed by atoms with Crippen molar-refractivity contribution in [2.45, 2.75) is 19.8 Å². The smallest absolute Gasteiger partial charge is 0.257 e. The molecule has 8 heteroatoms. The second kappa shape index (κ2) is 5.72. The van der Waals surface area contributed by atoms with Crippen molar-refractivity contribution in [1.82, 2.24) is 15.2 Å². The van der Waals surface area contributed by atoms with E-state index in [0.717, 1.165) is 5.69 Å². The highest BCUT2D eigenvalue weighted by atomic mass is 32.1. The molecule has 0 atom stereocenters. The number of rotatable bonds is 4. The van der Waals surface area contributed by atoms with Gasteiger partial charge >= 0.3 is 0 Å². The summed E-state index contributed by atoms with van der Waals surface area (Å²) in [5, 5.41) is 10.5. The van der Waals surface area contributed by atoms with Crippen molar-refractivity contribution in [3.05, 3.63) is 28.9 Å². The maximum absolute atomic E-state index is 12.1. The number of hydrogen-bond acceptors (Lipinski definition) is 7. The topological polar surface area (TPSA) is 106 Å². The SMILES string of the molecule is CC(C)c1cc(C(=O)Nc2nncs2)cc(NN)n1. The molecule has 0 unspecified atom stereocenters. The molecule has 19 heavy (non-hydrogen) atoms. The van der Waals surface area contributed by atoms with Crippen molar-refractivity contribution in [1.29, 1.82) is 0 Å². The van der Waals surface area contributed by atoms with Gasteiger partial charge in [-0.15, -0.1) is 10.2 Å². The van der Waals surface area contributed by atoms with Crippen LogP contribution in [0.2, 0.25) is 0 Å². The van der Waals surface area contributed by atoms with Gasteiger partial charge in [-0.05, 0) is 18.1 Å². The number of aromatic nitrogens is 3. The Morgan fingerprint density at radius 1 is 1.42 bits per heavy atom. The number of anilines is 2. The van der Waals surface area contributed by atoms with Gasteiger partial charge in [0.25, 0.3) is 5.91 Å². The normalized spacial score (nSPS) is 10.5. The van der Waals surface area contributed by atoms with Gasteiger partial charge in [-0.3, -0.25) is 10.1 Å². The summed E-state index contributed by atoms with van der Waals surface area (Å²) in [7, 11) is 0. The Hall–Kier alpha value is -2.06. The second-order valence-corrected chi connectivity index (χ2v) is 5.00. The van der Waals surface area contributed by atoms with Crippen LogP contribution in [0.4, 0.5) is 10.9 Å². The van der Waals surface area contributed by atoms with Crippen LogP contribution < -0.4 is 16.6 Å². The number of nitrogens with one attached hydrogen (secondary N) is 2. The third-order valence-electron chi connectivity index (χ3n) is 2.43. The molecule has 0 aromatic carbocycles. The minimum absolute atomic E-state index is 0.196. The molecular weight excluding hydrogens is 264 g/mol. The summed E-state index contributed by atoms with van der Waals surface area (Å²) in [6, 6.07) is 3.32. The molecule has 0 bridgehead atoms. The van der Waals surface area contributed by atoms with Crippen LogP contribution in [-0.2, 0) is 0 Å². The molecule has 0 aliphatic heterocycles. The molecule has 0 spiro atoms. The average Bonchev–Trinajstić information content (AvgIpc) is 2.90. The first-order valence-corrected chi connectivity index (χ1v) is 6.54. The largest absolute Gasteiger partial charge is 0.308 e. The number of hydrogen-bond donors (Lipinski definition) is 3. The first kappa shape index (κ1) is 13.4. The molecule has 0 aliphatic carbocycles. The molecule has 1 amide bonds. The predicted octanol–water partition coefficient (Wildman–Crippen LogP) is 1.59. The third-order valence-corrected chi connectivity index (χ3v) is 3.03. The molecule has 0 radical (unpaired) electrons. The van der Waals surface area contributed by atoms with Crippen LogP contribution >= 0.6 is 11.3 Å². The summed E-state index contributed by atoms with van der Waals surface area (Å²) >= 11 is 1.26. The highest BCUT2D eigenvalue weighted by Crippen LogP contribution is 2.18. The molecule has 100 valence electrons. The van der Waals surface area contributed by atoms with Crippen LogP contribution in [0.15, 0.2) is 17.6 Å². The van der Waals surface area contributed by atoms with Gasteiger partial charge in [-0.2, -0.15) is 0 Å². The Balaban J connectivity index is 2.27. The number of carbonyl (C=O) groups is 1. The van der Waals surface area contributed by atoms with Crippen LogP contribution in [0.1, 0.15) is 35.8 Å². The summed E-state index contributed by atoms with van der Waals surface area (Å²) in [6.45, 7) is 3.99. The number of pyridine rings is 1. The molecule has 2 aromatic heterocycles. The van der Waals surface area contributed by atoms with E-state index < -0.39 is 0 Å². The maximum Gasteiger partial charge on any atom is 0.257 e. The van der Waals surface area contributed by atoms with Gasteiger partial charge in [0.1, 0.15) is 11.3 Å². The van der Waals surface area contributed by atoms with E-state index in [-0.39, 0.29) is 11.8 Å². The van der Waals surface area contributed by atoms with E-state index in [1.807, 2.05) is 13.8 Å². The quantitative estimate of drug-likeness (QED) is 0.579. The van der Waals surface area contributed by atoms with Crippen LogP contribution in [0.25, 0.3) is 0 Å². The molecule has 7 nitrogen and oxygen atoms in total. The van der Waals surface area contributed by atoms with Gasteiger partial charge < -0.3 is 5.43 Å². The van der Waals surface area contributed by atoms with E-state index >= 15 is 0 Å². The fourth-order valence-electron chi connectivity index (χ4n) is 1.45. The first-order valence-electron chi connectivity index (χ1n) is 5.66. The maximum atomic E-state index is 12.1. The van der Waals surface area contributed by atoms with E-state index in [1.54, 1.807) is 17.6 Å². The van der Waals surface area contributed by atoms with E-state index in [1.165, 1.54) is 11.3 Å².